The Bertz CT molecular complexity index is 695. The standard InChI is InChI=1S/C14H17N3O3/c15-10-4-5-11-12(8-10)20-14(19)17(11)9-13(18)16-6-2-1-3-7-16/h4-5,8H,1-3,6-7,9,15H2. The summed E-state index contributed by atoms with van der Waals surface area (Å²) in [4.78, 5) is 25.9. The van der Waals surface area contributed by atoms with Gasteiger partial charge in [0.1, 0.15) is 6.54 Å². The van der Waals surface area contributed by atoms with E-state index in [-0.39, 0.29) is 12.5 Å². The van der Waals surface area contributed by atoms with Crippen molar-refractivity contribution in [2.24, 2.45) is 0 Å². The number of nitrogen functional groups attached to an aromatic ring is 1. The molecule has 0 saturated carbocycles. The molecule has 2 heterocycles. The highest BCUT2D eigenvalue weighted by molar-refractivity contribution is 5.81. The van der Waals surface area contributed by atoms with Crippen LogP contribution in [0.5, 0.6) is 0 Å². The Hall–Kier alpha value is -2.24. The molecule has 20 heavy (non-hydrogen) atoms. The lowest BCUT2D eigenvalue weighted by Crippen LogP contribution is -2.39. The molecule has 2 N–H and O–H groups in total. The highest BCUT2D eigenvalue weighted by Gasteiger charge is 2.19. The molecule has 1 amide bonds. The molecule has 1 aliphatic heterocycles. The zero-order chi connectivity index (χ0) is 14.1. The van der Waals surface area contributed by atoms with Gasteiger partial charge in [0.2, 0.25) is 5.91 Å². The van der Waals surface area contributed by atoms with Crippen molar-refractivity contribution in [1.82, 2.24) is 9.47 Å². The second kappa shape index (κ2) is 5.03. The maximum Gasteiger partial charge on any atom is 0.420 e. The average Bonchev–Trinajstić information content (AvgIpc) is 2.75. The van der Waals surface area contributed by atoms with E-state index in [1.54, 1.807) is 18.2 Å². The van der Waals surface area contributed by atoms with Crippen LogP contribution in [0.2, 0.25) is 0 Å². The monoisotopic (exact) mass is 275 g/mol. The lowest BCUT2D eigenvalue weighted by molar-refractivity contribution is -0.132. The van der Waals surface area contributed by atoms with Crippen LogP contribution >= 0.6 is 0 Å². The number of nitrogens with zero attached hydrogens (tertiary/aromatic N) is 2. The van der Waals surface area contributed by atoms with Gasteiger partial charge in [-0.3, -0.25) is 9.36 Å². The minimum atomic E-state index is -0.518. The van der Waals surface area contributed by atoms with Gasteiger partial charge in [-0.25, -0.2) is 4.79 Å². The van der Waals surface area contributed by atoms with E-state index in [4.69, 9.17) is 10.2 Å². The first-order valence-corrected chi connectivity index (χ1v) is 6.82. The summed E-state index contributed by atoms with van der Waals surface area (Å²) in [6, 6.07) is 5.00. The number of aromatic nitrogens is 1. The molecular formula is C14H17N3O3. The third-order valence-corrected chi connectivity index (χ3v) is 3.69. The minimum Gasteiger partial charge on any atom is -0.408 e. The molecule has 6 nitrogen and oxygen atoms in total. The Morgan fingerprint density at radius 2 is 2.00 bits per heavy atom. The molecule has 0 spiro atoms. The van der Waals surface area contributed by atoms with Gasteiger partial charge in [0.05, 0.1) is 5.52 Å². The number of likely N-dealkylation sites (tertiary alicyclic amines) is 1. The van der Waals surface area contributed by atoms with E-state index in [1.165, 1.54) is 4.57 Å². The van der Waals surface area contributed by atoms with Crippen LogP contribution in [0.1, 0.15) is 19.3 Å². The fraction of sp³-hybridized carbons (Fsp3) is 0.429. The van der Waals surface area contributed by atoms with Crippen molar-refractivity contribution < 1.29 is 9.21 Å². The molecule has 3 rings (SSSR count). The van der Waals surface area contributed by atoms with Crippen molar-refractivity contribution in [2.75, 3.05) is 18.8 Å². The van der Waals surface area contributed by atoms with Gasteiger partial charge in [-0.1, -0.05) is 0 Å². The predicted octanol–water partition coefficient (Wildman–Crippen LogP) is 1.19. The lowest BCUT2D eigenvalue weighted by atomic mass is 10.1. The molecule has 0 bridgehead atoms. The molecule has 1 aromatic carbocycles. The number of benzene rings is 1. The van der Waals surface area contributed by atoms with Gasteiger partial charge >= 0.3 is 5.76 Å². The topological polar surface area (TPSA) is 81.5 Å². The van der Waals surface area contributed by atoms with Crippen LogP contribution in [-0.2, 0) is 11.3 Å². The molecule has 1 aliphatic rings. The van der Waals surface area contributed by atoms with Gasteiger partial charge in [-0.2, -0.15) is 0 Å². The number of carbonyl (C=O) groups excluding carboxylic acids is 1. The van der Waals surface area contributed by atoms with Crippen LogP contribution in [0.4, 0.5) is 5.69 Å². The van der Waals surface area contributed by atoms with E-state index in [9.17, 15) is 9.59 Å². The Labute approximate surface area is 115 Å². The summed E-state index contributed by atoms with van der Waals surface area (Å²) in [6.45, 7) is 1.57. The Balaban J connectivity index is 1.88. The zero-order valence-electron chi connectivity index (χ0n) is 11.2. The van der Waals surface area contributed by atoms with Crippen LogP contribution < -0.4 is 11.5 Å². The first-order chi connectivity index (χ1) is 9.65. The number of piperidine rings is 1. The summed E-state index contributed by atoms with van der Waals surface area (Å²) in [5, 5.41) is 0. The van der Waals surface area contributed by atoms with E-state index in [0.717, 1.165) is 32.4 Å². The van der Waals surface area contributed by atoms with Crippen LogP contribution in [0, 0.1) is 0 Å². The third-order valence-electron chi connectivity index (χ3n) is 3.69. The van der Waals surface area contributed by atoms with E-state index >= 15 is 0 Å². The van der Waals surface area contributed by atoms with Crippen LogP contribution in [0.3, 0.4) is 0 Å². The molecule has 1 saturated heterocycles. The van der Waals surface area contributed by atoms with E-state index < -0.39 is 5.76 Å². The summed E-state index contributed by atoms with van der Waals surface area (Å²) in [6.07, 6.45) is 3.23. The Morgan fingerprint density at radius 1 is 1.25 bits per heavy atom. The number of nitrogens with two attached hydrogens (primary N) is 1. The van der Waals surface area contributed by atoms with E-state index in [2.05, 4.69) is 0 Å². The number of amides is 1. The van der Waals surface area contributed by atoms with Gasteiger partial charge < -0.3 is 15.1 Å². The second-order valence-corrected chi connectivity index (χ2v) is 5.12. The molecular weight excluding hydrogens is 258 g/mol. The number of fused-ring (bicyclic) bond motifs is 1. The van der Waals surface area contributed by atoms with Crippen LogP contribution in [0.25, 0.3) is 11.1 Å². The number of oxazole rings is 1. The SMILES string of the molecule is Nc1ccc2c(c1)oc(=O)n2CC(=O)N1CCCCC1. The summed E-state index contributed by atoms with van der Waals surface area (Å²) >= 11 is 0. The average molecular weight is 275 g/mol. The van der Waals surface area contributed by atoms with Gasteiger partial charge in [-0.05, 0) is 31.4 Å². The van der Waals surface area contributed by atoms with Crippen molar-refractivity contribution in [3.63, 3.8) is 0 Å². The second-order valence-electron chi connectivity index (χ2n) is 5.12. The molecule has 6 heteroatoms. The first-order valence-electron chi connectivity index (χ1n) is 6.82. The van der Waals surface area contributed by atoms with Crippen molar-refractivity contribution in [3.8, 4) is 0 Å². The highest BCUT2D eigenvalue weighted by atomic mass is 16.4. The van der Waals surface area contributed by atoms with Crippen molar-refractivity contribution in [2.45, 2.75) is 25.8 Å². The van der Waals surface area contributed by atoms with Gasteiger partial charge in [0.25, 0.3) is 0 Å². The van der Waals surface area contributed by atoms with E-state index in [0.29, 0.717) is 16.8 Å². The first kappa shape index (κ1) is 12.8. The molecule has 0 radical (unpaired) electrons. The normalized spacial score (nSPS) is 15.7. The van der Waals surface area contributed by atoms with Crippen molar-refractivity contribution in [3.05, 3.63) is 28.7 Å². The fourth-order valence-corrected chi connectivity index (χ4v) is 2.61. The summed E-state index contributed by atoms with van der Waals surface area (Å²) in [5.74, 6) is -0.553. The molecule has 2 aromatic rings. The van der Waals surface area contributed by atoms with Crippen molar-refractivity contribution >= 4 is 22.7 Å². The van der Waals surface area contributed by atoms with Crippen LogP contribution in [-0.4, -0.2) is 28.5 Å². The third kappa shape index (κ3) is 2.29. The molecule has 1 fully saturated rings. The molecule has 0 atom stereocenters. The summed E-state index contributed by atoms with van der Waals surface area (Å²) in [7, 11) is 0. The maximum absolute atomic E-state index is 12.2. The molecule has 1 aromatic heterocycles. The molecule has 0 unspecified atom stereocenters. The Morgan fingerprint density at radius 3 is 2.75 bits per heavy atom. The quantitative estimate of drug-likeness (QED) is 0.835. The minimum absolute atomic E-state index is 0.0236. The smallest absolute Gasteiger partial charge is 0.408 e. The van der Waals surface area contributed by atoms with Gasteiger partial charge in [-0.15, -0.1) is 0 Å². The van der Waals surface area contributed by atoms with E-state index in [1.807, 2.05) is 4.90 Å². The predicted molar refractivity (Wildman–Crippen MR) is 75.3 cm³/mol. The summed E-state index contributed by atoms with van der Waals surface area (Å²) in [5.41, 5.74) is 7.21. The van der Waals surface area contributed by atoms with Crippen molar-refractivity contribution in [1.29, 1.82) is 0 Å². The largest absolute Gasteiger partial charge is 0.420 e. The van der Waals surface area contributed by atoms with Gasteiger partial charge in [0.15, 0.2) is 5.58 Å². The lowest BCUT2D eigenvalue weighted by Gasteiger charge is -2.26. The molecule has 0 aliphatic carbocycles. The number of anilines is 1. The Kier molecular flexibility index (Phi) is 3.22. The maximum atomic E-state index is 12.2. The van der Waals surface area contributed by atoms with Crippen LogP contribution in [0.15, 0.2) is 27.4 Å². The zero-order valence-corrected chi connectivity index (χ0v) is 11.2. The number of carbonyl (C=O) groups is 1. The van der Waals surface area contributed by atoms with Gasteiger partial charge in [0, 0.05) is 24.8 Å². The molecule has 106 valence electrons. The number of hydrogen-bond acceptors (Lipinski definition) is 4. The fourth-order valence-electron chi connectivity index (χ4n) is 2.61. The number of hydrogen-bond donors (Lipinski definition) is 1. The number of rotatable bonds is 2. The summed E-state index contributed by atoms with van der Waals surface area (Å²) < 4.78 is 6.49. The highest BCUT2D eigenvalue weighted by Crippen LogP contribution is 2.17.